The molecule has 0 bridgehead atoms. The van der Waals surface area contributed by atoms with Gasteiger partial charge in [-0.2, -0.15) is 0 Å². The lowest BCUT2D eigenvalue weighted by Crippen LogP contribution is -2.20. The summed E-state index contributed by atoms with van der Waals surface area (Å²) < 4.78 is 14.4. The Hall–Kier alpha value is -0.750. The topological polar surface area (TPSA) is 113 Å². The smallest absolute Gasteiger partial charge is 0.356 e. The third-order valence-corrected chi connectivity index (χ3v) is 2.79. The number of carbonyl (C=O) groups excluding carboxylic acids is 2. The average molecular weight is 251 g/mol. The molecule has 0 aromatic rings. The Balaban J connectivity index is 2.20. The van der Waals surface area contributed by atoms with Crippen LogP contribution in [0, 0.1) is 5.92 Å². The molecule has 0 saturated carbocycles. The van der Waals surface area contributed by atoms with Crippen LogP contribution in [0.2, 0.25) is 0 Å². The molecule has 1 aliphatic heterocycles. The zero-order valence-corrected chi connectivity index (χ0v) is 9.48. The molecule has 1 saturated heterocycles. The highest BCUT2D eigenvalue weighted by Gasteiger charge is 2.24. The normalized spacial score (nSPS) is 20.9. The van der Waals surface area contributed by atoms with Gasteiger partial charge in [0.1, 0.15) is 6.61 Å². The molecule has 1 amide bonds. The summed E-state index contributed by atoms with van der Waals surface area (Å²) in [6, 6.07) is 0. The van der Waals surface area contributed by atoms with Gasteiger partial charge in [-0.3, -0.25) is 14.1 Å². The number of nitrogens with one attached hydrogen (secondary N) is 1. The van der Waals surface area contributed by atoms with Crippen molar-refractivity contribution < 1.29 is 28.5 Å². The summed E-state index contributed by atoms with van der Waals surface area (Å²) in [4.78, 5) is 39.0. The SMILES string of the molecule is O=C(CC[C@H]1CCNC1=O)COP(=O)(O)O. The van der Waals surface area contributed by atoms with Gasteiger partial charge >= 0.3 is 7.82 Å². The molecule has 0 unspecified atom stereocenters. The molecule has 1 rings (SSSR count). The van der Waals surface area contributed by atoms with Crippen LogP contribution >= 0.6 is 7.82 Å². The van der Waals surface area contributed by atoms with Crippen molar-refractivity contribution in [2.75, 3.05) is 13.2 Å². The quantitative estimate of drug-likeness (QED) is 0.552. The maximum Gasteiger partial charge on any atom is 0.470 e. The fraction of sp³-hybridized carbons (Fsp3) is 0.750. The van der Waals surface area contributed by atoms with Gasteiger partial charge in [0.05, 0.1) is 0 Å². The van der Waals surface area contributed by atoms with E-state index in [9.17, 15) is 14.2 Å². The van der Waals surface area contributed by atoms with E-state index in [1.54, 1.807) is 0 Å². The second-order valence-corrected chi connectivity index (χ2v) is 4.86. The van der Waals surface area contributed by atoms with Gasteiger partial charge in [0.25, 0.3) is 0 Å². The summed E-state index contributed by atoms with van der Waals surface area (Å²) in [6.45, 7) is 0.00922. The van der Waals surface area contributed by atoms with Gasteiger partial charge in [-0.25, -0.2) is 4.57 Å². The molecule has 1 aliphatic rings. The molecular formula is C8H14NO6P. The van der Waals surface area contributed by atoms with Gasteiger partial charge in [-0.05, 0) is 12.8 Å². The lowest BCUT2D eigenvalue weighted by atomic mass is 10.0. The Morgan fingerprint density at radius 1 is 1.56 bits per heavy atom. The molecular weight excluding hydrogens is 237 g/mol. The van der Waals surface area contributed by atoms with Crippen molar-refractivity contribution in [3.8, 4) is 0 Å². The molecule has 0 aliphatic carbocycles. The summed E-state index contributed by atoms with van der Waals surface area (Å²) in [5.41, 5.74) is 0. The first kappa shape index (κ1) is 13.3. The summed E-state index contributed by atoms with van der Waals surface area (Å²) >= 11 is 0. The summed E-state index contributed by atoms with van der Waals surface area (Å²) in [7, 11) is -4.58. The second kappa shape index (κ2) is 5.54. The van der Waals surface area contributed by atoms with Gasteiger partial charge in [-0.1, -0.05) is 0 Å². The van der Waals surface area contributed by atoms with E-state index in [4.69, 9.17) is 9.79 Å². The van der Waals surface area contributed by atoms with E-state index in [-0.39, 0.29) is 18.2 Å². The van der Waals surface area contributed by atoms with Gasteiger partial charge < -0.3 is 15.1 Å². The van der Waals surface area contributed by atoms with Crippen molar-refractivity contribution in [2.24, 2.45) is 5.92 Å². The first-order valence-corrected chi connectivity index (χ1v) is 6.41. The Labute approximate surface area is 92.4 Å². The highest BCUT2D eigenvalue weighted by atomic mass is 31.2. The second-order valence-electron chi connectivity index (χ2n) is 3.62. The molecule has 92 valence electrons. The fourth-order valence-corrected chi connectivity index (χ4v) is 1.80. The Kier molecular flexibility index (Phi) is 4.61. The van der Waals surface area contributed by atoms with Crippen molar-refractivity contribution >= 4 is 19.5 Å². The van der Waals surface area contributed by atoms with E-state index in [1.807, 2.05) is 0 Å². The van der Waals surface area contributed by atoms with Crippen molar-refractivity contribution in [1.82, 2.24) is 5.32 Å². The first-order chi connectivity index (χ1) is 7.38. The third kappa shape index (κ3) is 4.85. The monoisotopic (exact) mass is 251 g/mol. The summed E-state index contributed by atoms with van der Waals surface area (Å²) in [5, 5.41) is 2.64. The Bertz CT molecular complexity index is 324. The van der Waals surface area contributed by atoms with Gasteiger partial charge in [0.15, 0.2) is 5.78 Å². The lowest BCUT2D eigenvalue weighted by molar-refractivity contribution is -0.124. The van der Waals surface area contributed by atoms with E-state index in [1.165, 1.54) is 0 Å². The number of carbonyl (C=O) groups is 2. The molecule has 16 heavy (non-hydrogen) atoms. The van der Waals surface area contributed by atoms with Crippen LogP contribution in [0.15, 0.2) is 0 Å². The maximum atomic E-state index is 11.2. The number of phosphoric acid groups is 1. The van der Waals surface area contributed by atoms with E-state index in [0.717, 1.165) is 0 Å². The number of ketones is 1. The summed E-state index contributed by atoms with van der Waals surface area (Å²) in [6.07, 6.45) is 1.19. The molecule has 0 radical (unpaired) electrons. The van der Waals surface area contributed by atoms with E-state index < -0.39 is 20.2 Å². The first-order valence-electron chi connectivity index (χ1n) is 4.88. The zero-order chi connectivity index (χ0) is 12.2. The molecule has 1 fully saturated rings. The molecule has 3 N–H and O–H groups in total. The molecule has 8 heteroatoms. The van der Waals surface area contributed by atoms with Crippen LogP contribution in [0.4, 0.5) is 0 Å². The van der Waals surface area contributed by atoms with Crippen LogP contribution < -0.4 is 5.32 Å². The highest BCUT2D eigenvalue weighted by Crippen LogP contribution is 2.35. The number of hydrogen-bond acceptors (Lipinski definition) is 4. The van der Waals surface area contributed by atoms with Crippen molar-refractivity contribution in [3.05, 3.63) is 0 Å². The predicted molar refractivity (Wildman–Crippen MR) is 53.4 cm³/mol. The van der Waals surface area contributed by atoms with E-state index in [0.29, 0.717) is 19.4 Å². The minimum Gasteiger partial charge on any atom is -0.356 e. The van der Waals surface area contributed by atoms with Gasteiger partial charge in [0.2, 0.25) is 5.91 Å². The zero-order valence-electron chi connectivity index (χ0n) is 8.59. The fourth-order valence-electron chi connectivity index (χ4n) is 1.48. The van der Waals surface area contributed by atoms with Crippen LogP contribution in [-0.2, 0) is 18.7 Å². The average Bonchev–Trinajstić information content (AvgIpc) is 2.57. The van der Waals surface area contributed by atoms with Crippen LogP contribution in [0.1, 0.15) is 19.3 Å². The lowest BCUT2D eigenvalue weighted by Gasteiger charge is -2.06. The minimum absolute atomic E-state index is 0.0660. The van der Waals surface area contributed by atoms with Gasteiger partial charge in [0, 0.05) is 18.9 Å². The number of amides is 1. The van der Waals surface area contributed by atoms with Crippen molar-refractivity contribution in [1.29, 1.82) is 0 Å². The molecule has 1 heterocycles. The van der Waals surface area contributed by atoms with Crippen LogP contribution in [0.5, 0.6) is 0 Å². The van der Waals surface area contributed by atoms with Crippen molar-refractivity contribution in [3.63, 3.8) is 0 Å². The number of rotatable bonds is 6. The number of phosphoric ester groups is 1. The van der Waals surface area contributed by atoms with Gasteiger partial charge in [-0.15, -0.1) is 0 Å². The molecule has 0 aromatic heterocycles. The van der Waals surface area contributed by atoms with Crippen LogP contribution in [0.3, 0.4) is 0 Å². The standard InChI is InChI=1S/C8H14NO6P/c10-7(5-15-16(12,13)14)2-1-6-3-4-9-8(6)11/h6H,1-5H2,(H,9,11)(H2,12,13,14)/t6-/m0/s1. The minimum atomic E-state index is -4.58. The number of Topliss-reactive ketones (excluding diaryl/α,β-unsaturated/α-hetero) is 1. The number of hydrogen-bond donors (Lipinski definition) is 3. The molecule has 1 atom stereocenters. The summed E-state index contributed by atoms with van der Waals surface area (Å²) in [5.74, 6) is -0.647. The largest absolute Gasteiger partial charge is 0.470 e. The molecule has 0 spiro atoms. The van der Waals surface area contributed by atoms with Crippen LogP contribution in [-0.4, -0.2) is 34.6 Å². The Morgan fingerprint density at radius 3 is 2.75 bits per heavy atom. The maximum absolute atomic E-state index is 11.2. The Morgan fingerprint density at radius 2 is 2.25 bits per heavy atom. The molecule has 0 aromatic carbocycles. The van der Waals surface area contributed by atoms with Crippen molar-refractivity contribution in [2.45, 2.75) is 19.3 Å². The highest BCUT2D eigenvalue weighted by molar-refractivity contribution is 7.46. The molecule has 7 nitrogen and oxygen atoms in total. The van der Waals surface area contributed by atoms with E-state index in [2.05, 4.69) is 9.84 Å². The van der Waals surface area contributed by atoms with E-state index >= 15 is 0 Å². The predicted octanol–water partition coefficient (Wildman–Crippen LogP) is -0.419. The van der Waals surface area contributed by atoms with Crippen LogP contribution in [0.25, 0.3) is 0 Å². The third-order valence-electron chi connectivity index (χ3n) is 2.33.